The Balaban J connectivity index is 1.40. The molecule has 2 fully saturated rings. The maximum Gasteiger partial charge on any atom is 0.324 e. The lowest BCUT2D eigenvalue weighted by atomic mass is 9.84. The highest BCUT2D eigenvalue weighted by Gasteiger charge is 2.40. The number of aryl methyl sites for hydroxylation is 1. The molecule has 0 radical (unpaired) electrons. The van der Waals surface area contributed by atoms with Gasteiger partial charge in [0.15, 0.2) is 0 Å². The normalized spacial score (nSPS) is 21.4. The molecule has 6 bridgehead atoms. The molecule has 0 aliphatic carbocycles. The van der Waals surface area contributed by atoms with Crippen LogP contribution in [0.4, 0.5) is 4.79 Å². The molecule has 0 unspecified atom stereocenters. The zero-order valence-corrected chi connectivity index (χ0v) is 41.7. The molecule has 2 aromatic heterocycles. The molecule has 3 aliphatic rings. The highest BCUT2D eigenvalue weighted by molar-refractivity contribution is 7.10. The SMILES string of the molecule is C=CC(=O)N1CC[C@@H](N(C)C(=O)N(C)[C@H](C(=O)N[C@H]2Cc3nc(cs3)-c3ccc4c(c3)c(c(/C(C=C)=C(/N=CC)[C@H](C)OC)n4CC)CC(C)(C)COC(=O)[C@@H]3CCCN(N3)C2=O)C(C)C)C1. The molecular formula is C50H69N9O7S. The average molecular weight is 940 g/mol. The molecule has 3 aliphatic heterocycles. The highest BCUT2D eigenvalue weighted by Crippen LogP contribution is 2.40. The van der Waals surface area contributed by atoms with E-state index in [0.717, 1.165) is 44.7 Å². The lowest BCUT2D eigenvalue weighted by Crippen LogP contribution is -2.62. The number of aliphatic imine (C=N–C) groups is 1. The number of ether oxygens (including phenoxy) is 2. The van der Waals surface area contributed by atoms with E-state index in [2.05, 4.69) is 61.4 Å². The Morgan fingerprint density at radius 1 is 1.13 bits per heavy atom. The third-order valence-corrected chi connectivity index (χ3v) is 14.1. The van der Waals surface area contributed by atoms with Crippen LogP contribution in [0.25, 0.3) is 27.7 Å². The number of nitrogens with one attached hydrogen (secondary N) is 2. The van der Waals surface area contributed by atoms with Gasteiger partial charge in [-0.25, -0.2) is 15.2 Å². The number of carbonyl (C=O) groups is 5. The molecule has 16 nitrogen and oxygen atoms in total. The van der Waals surface area contributed by atoms with Gasteiger partial charge < -0.3 is 34.1 Å². The van der Waals surface area contributed by atoms with E-state index in [4.69, 9.17) is 19.5 Å². The van der Waals surface area contributed by atoms with Crippen molar-refractivity contribution in [1.29, 1.82) is 0 Å². The van der Waals surface area contributed by atoms with Crippen molar-refractivity contribution in [3.63, 3.8) is 0 Å². The van der Waals surface area contributed by atoms with Gasteiger partial charge in [0.2, 0.25) is 11.8 Å². The van der Waals surface area contributed by atoms with Crippen LogP contribution in [-0.4, -0.2) is 143 Å². The Bertz CT molecular complexity index is 2430. The number of benzene rings is 1. The van der Waals surface area contributed by atoms with E-state index in [1.165, 1.54) is 27.3 Å². The minimum Gasteiger partial charge on any atom is -0.464 e. The van der Waals surface area contributed by atoms with E-state index >= 15 is 0 Å². The van der Waals surface area contributed by atoms with E-state index in [9.17, 15) is 24.0 Å². The Labute approximate surface area is 399 Å². The monoisotopic (exact) mass is 940 g/mol. The van der Waals surface area contributed by atoms with Gasteiger partial charge in [-0.3, -0.25) is 29.2 Å². The molecule has 1 aromatic carbocycles. The molecular weight excluding hydrogens is 871 g/mol. The number of amides is 5. The zero-order chi connectivity index (χ0) is 48.9. The molecule has 0 spiro atoms. The van der Waals surface area contributed by atoms with Crippen LogP contribution in [0.3, 0.4) is 0 Å². The molecule has 6 rings (SSSR count). The number of fused-ring (bicyclic) bond motifs is 6. The van der Waals surface area contributed by atoms with Crippen LogP contribution in [0.15, 0.2) is 59.6 Å². The minimum absolute atomic E-state index is 0.0596. The van der Waals surface area contributed by atoms with Crippen molar-refractivity contribution in [2.24, 2.45) is 16.3 Å². The summed E-state index contributed by atoms with van der Waals surface area (Å²) in [6.45, 7) is 23.6. The van der Waals surface area contributed by atoms with Gasteiger partial charge in [-0.2, -0.15) is 0 Å². The molecule has 0 saturated carbocycles. The van der Waals surface area contributed by atoms with Crippen LogP contribution in [0, 0.1) is 11.3 Å². The molecule has 3 aromatic rings. The second-order valence-corrected chi connectivity index (χ2v) is 19.8. The Hall–Kier alpha value is -5.65. The van der Waals surface area contributed by atoms with Crippen LogP contribution in [0.1, 0.15) is 84.0 Å². The summed E-state index contributed by atoms with van der Waals surface area (Å²) in [5, 5.41) is 8.02. The molecule has 362 valence electrons. The number of likely N-dealkylation sites (tertiary alicyclic amines) is 1. The number of hydrogen-bond donors (Lipinski definition) is 2. The van der Waals surface area contributed by atoms with Gasteiger partial charge in [-0.1, -0.05) is 53.0 Å². The quantitative estimate of drug-likeness (QED) is 0.0923. The predicted molar refractivity (Wildman–Crippen MR) is 263 cm³/mol. The Morgan fingerprint density at radius 3 is 2.54 bits per heavy atom. The van der Waals surface area contributed by atoms with Gasteiger partial charge >= 0.3 is 12.0 Å². The third-order valence-electron chi connectivity index (χ3n) is 13.2. The number of rotatable bonds is 12. The number of esters is 1. The fraction of sp³-hybridized carbons (Fsp3) is 0.540. The molecule has 2 N–H and O–H groups in total. The number of hydrazine groups is 1. The number of cyclic esters (lactones) is 1. The van der Waals surface area contributed by atoms with E-state index in [-0.39, 0.29) is 43.0 Å². The molecule has 2 saturated heterocycles. The number of likely N-dealkylation sites (N-methyl/N-ethyl adjacent to an activating group) is 2. The van der Waals surface area contributed by atoms with E-state index in [0.29, 0.717) is 56.9 Å². The number of thiazole rings is 1. The number of hydrogen-bond acceptors (Lipinski definition) is 11. The number of aromatic nitrogens is 2. The van der Waals surface area contributed by atoms with E-state index in [1.54, 1.807) is 37.2 Å². The number of carbonyl (C=O) groups excluding carboxylic acids is 5. The van der Waals surface area contributed by atoms with Crippen molar-refractivity contribution >= 4 is 63.7 Å². The average Bonchev–Trinajstić information content (AvgIpc) is 4.07. The lowest BCUT2D eigenvalue weighted by Gasteiger charge is -2.37. The molecule has 67 heavy (non-hydrogen) atoms. The van der Waals surface area contributed by atoms with Crippen molar-refractivity contribution in [2.75, 3.05) is 47.4 Å². The van der Waals surface area contributed by atoms with Crippen molar-refractivity contribution < 1.29 is 33.4 Å². The van der Waals surface area contributed by atoms with Gasteiger partial charge in [-0.05, 0) is 76.1 Å². The summed E-state index contributed by atoms with van der Waals surface area (Å²) >= 11 is 1.39. The van der Waals surface area contributed by atoms with Crippen molar-refractivity contribution in [1.82, 2.24) is 40.0 Å². The fourth-order valence-electron chi connectivity index (χ4n) is 9.57. The predicted octanol–water partition coefficient (Wildman–Crippen LogP) is 6.25. The molecule has 5 atom stereocenters. The maximum absolute atomic E-state index is 14.7. The first-order valence-electron chi connectivity index (χ1n) is 23.3. The van der Waals surface area contributed by atoms with Gasteiger partial charge in [0.05, 0.1) is 40.8 Å². The zero-order valence-electron chi connectivity index (χ0n) is 40.9. The fourth-order valence-corrected chi connectivity index (χ4v) is 10.4. The van der Waals surface area contributed by atoms with Crippen LogP contribution < -0.4 is 10.7 Å². The number of urea groups is 1. The summed E-state index contributed by atoms with van der Waals surface area (Å²) in [5.41, 5.74) is 8.81. The smallest absolute Gasteiger partial charge is 0.324 e. The Morgan fingerprint density at radius 2 is 1.88 bits per heavy atom. The van der Waals surface area contributed by atoms with Crippen LogP contribution in [0.2, 0.25) is 0 Å². The largest absolute Gasteiger partial charge is 0.464 e. The van der Waals surface area contributed by atoms with E-state index < -0.39 is 41.3 Å². The van der Waals surface area contributed by atoms with Gasteiger partial charge in [-0.15, -0.1) is 11.3 Å². The Kier molecular flexibility index (Phi) is 16.3. The van der Waals surface area contributed by atoms with Crippen molar-refractivity contribution in [3.8, 4) is 11.3 Å². The molecule has 17 heteroatoms. The number of allylic oxidation sites excluding steroid dienone is 2. The first-order valence-corrected chi connectivity index (χ1v) is 24.2. The van der Waals surface area contributed by atoms with Crippen LogP contribution in [0.5, 0.6) is 0 Å². The molecule has 5 heterocycles. The lowest BCUT2D eigenvalue weighted by molar-refractivity contribution is -0.155. The first kappa shape index (κ1) is 50.8. The second-order valence-electron chi connectivity index (χ2n) is 18.9. The summed E-state index contributed by atoms with van der Waals surface area (Å²) in [6, 6.07) is 2.83. The van der Waals surface area contributed by atoms with Crippen molar-refractivity contribution in [2.45, 2.75) is 117 Å². The summed E-state index contributed by atoms with van der Waals surface area (Å²) in [5.74, 6) is -1.94. The van der Waals surface area contributed by atoms with Crippen LogP contribution >= 0.6 is 11.3 Å². The van der Waals surface area contributed by atoms with Gasteiger partial charge in [0, 0.05) is 92.9 Å². The van der Waals surface area contributed by atoms with Crippen molar-refractivity contribution in [3.05, 3.63) is 70.9 Å². The van der Waals surface area contributed by atoms with Gasteiger partial charge in [0.1, 0.15) is 18.1 Å². The maximum atomic E-state index is 14.7. The standard InChI is InChI=1S/C50H69N9O7S/c1-13-34(43(51-15-3)31(7)65-12)45-36-26-50(8,9)29-66-48(63)37-18-17-22-59(54-37)47(62)38(25-41-52-39(28-67-41)32-19-20-40(35(36)24-32)58(45)16-4)53-46(61)44(30(5)6)56(11)49(64)55(10)33-21-23-57(27-33)42(60)14-2/h13-15,19-20,24,28,30-31,33,37-38,44,54H,1-2,16-18,21-23,25-27,29H2,3-12H3,(H,53,61)/b43-34+,51-15?/t31-,33+,37-,38-,44-/m0/s1. The summed E-state index contributed by atoms with van der Waals surface area (Å²) in [4.78, 5) is 83.9. The van der Waals surface area contributed by atoms with Crippen LogP contribution in [-0.2, 0) is 48.0 Å². The highest BCUT2D eigenvalue weighted by atomic mass is 32.1. The summed E-state index contributed by atoms with van der Waals surface area (Å²) in [6.07, 6.45) is 6.71. The minimum atomic E-state index is -1.10. The van der Waals surface area contributed by atoms with Gasteiger partial charge in [0.25, 0.3) is 5.91 Å². The van der Waals surface area contributed by atoms with E-state index in [1.807, 2.05) is 45.2 Å². The first-order chi connectivity index (χ1) is 31.9. The molecule has 5 amide bonds. The third kappa shape index (κ3) is 10.9. The summed E-state index contributed by atoms with van der Waals surface area (Å²) < 4.78 is 14.2. The second kappa shape index (κ2) is 21.5. The number of methoxy groups -OCH3 is 1. The topological polar surface area (TPSA) is 171 Å². The summed E-state index contributed by atoms with van der Waals surface area (Å²) in [7, 11) is 4.92. The number of nitrogens with zero attached hydrogens (tertiary/aromatic N) is 7.